The number of hydrogen-bond donors (Lipinski definition) is 2. The molecule has 4 heteroatoms. The van der Waals surface area contributed by atoms with Crippen molar-refractivity contribution in [2.45, 2.75) is 51.1 Å². The van der Waals surface area contributed by atoms with Gasteiger partial charge in [-0.3, -0.25) is 4.79 Å². The second-order valence-corrected chi connectivity index (χ2v) is 4.27. The van der Waals surface area contributed by atoms with Crippen LogP contribution in [0.3, 0.4) is 0 Å². The van der Waals surface area contributed by atoms with Crippen LogP contribution in [-0.4, -0.2) is 18.0 Å². The molecule has 0 aromatic carbocycles. The summed E-state index contributed by atoms with van der Waals surface area (Å²) in [5.74, 6) is -0.328. The number of carbonyl (C=O) groups is 1. The zero-order chi connectivity index (χ0) is 11.3. The summed E-state index contributed by atoms with van der Waals surface area (Å²) in [5, 5.41) is 12.2. The van der Waals surface area contributed by atoms with Crippen molar-refractivity contribution in [1.29, 1.82) is 5.26 Å². The Bertz CT molecular complexity index is 259. The number of hydrogen-bond acceptors (Lipinski definition) is 3. The van der Waals surface area contributed by atoms with E-state index in [9.17, 15) is 4.79 Å². The van der Waals surface area contributed by atoms with Crippen molar-refractivity contribution in [3.05, 3.63) is 0 Å². The van der Waals surface area contributed by atoms with Crippen molar-refractivity contribution < 1.29 is 4.79 Å². The second kappa shape index (κ2) is 5.72. The van der Waals surface area contributed by atoms with Crippen molar-refractivity contribution in [3.63, 3.8) is 0 Å². The lowest BCUT2D eigenvalue weighted by molar-refractivity contribution is -0.119. The Balaban J connectivity index is 2.56. The van der Waals surface area contributed by atoms with Gasteiger partial charge >= 0.3 is 0 Å². The minimum atomic E-state index is -0.351. The van der Waals surface area contributed by atoms with Crippen LogP contribution in [0.2, 0.25) is 0 Å². The lowest BCUT2D eigenvalue weighted by atomic mass is 9.95. The third-order valence-electron chi connectivity index (χ3n) is 3.07. The molecule has 0 aliphatic heterocycles. The van der Waals surface area contributed by atoms with E-state index >= 15 is 0 Å². The van der Waals surface area contributed by atoms with Crippen LogP contribution >= 0.6 is 0 Å². The zero-order valence-corrected chi connectivity index (χ0v) is 9.20. The largest absolute Gasteiger partial charge is 0.368 e. The number of carbonyl (C=O) groups excluding carboxylic acids is 1. The van der Waals surface area contributed by atoms with Gasteiger partial charge in [-0.2, -0.15) is 5.26 Å². The fourth-order valence-electron chi connectivity index (χ4n) is 2.06. The molecule has 0 bridgehead atoms. The Morgan fingerprint density at radius 1 is 1.47 bits per heavy atom. The smallest absolute Gasteiger partial charge is 0.234 e. The second-order valence-electron chi connectivity index (χ2n) is 4.27. The molecule has 3 atom stereocenters. The predicted molar refractivity (Wildman–Crippen MR) is 57.8 cm³/mol. The van der Waals surface area contributed by atoms with E-state index in [1.807, 2.05) is 0 Å². The van der Waals surface area contributed by atoms with Gasteiger partial charge in [-0.25, -0.2) is 0 Å². The fraction of sp³-hybridized carbons (Fsp3) is 0.818. The lowest BCUT2D eigenvalue weighted by Gasteiger charge is -2.23. The average molecular weight is 209 g/mol. The van der Waals surface area contributed by atoms with Crippen molar-refractivity contribution in [2.24, 2.45) is 11.7 Å². The summed E-state index contributed by atoms with van der Waals surface area (Å²) in [6.07, 6.45) is 5.32. The van der Waals surface area contributed by atoms with Crippen molar-refractivity contribution in [3.8, 4) is 6.07 Å². The normalized spacial score (nSPS) is 28.8. The molecule has 1 saturated carbocycles. The number of nitriles is 1. The van der Waals surface area contributed by atoms with Crippen molar-refractivity contribution >= 4 is 5.91 Å². The molecule has 1 fully saturated rings. The minimum absolute atomic E-state index is 0.0225. The first-order valence-electron chi connectivity index (χ1n) is 5.60. The SMILES string of the molecule is CC(NC1CCCCCC1C#N)C(N)=O. The van der Waals surface area contributed by atoms with E-state index in [-0.39, 0.29) is 23.9 Å². The van der Waals surface area contributed by atoms with Gasteiger partial charge in [-0.1, -0.05) is 19.3 Å². The predicted octanol–water partition coefficient (Wildman–Crippen LogP) is 0.922. The van der Waals surface area contributed by atoms with E-state index in [0.717, 1.165) is 25.7 Å². The van der Waals surface area contributed by atoms with Gasteiger partial charge < -0.3 is 11.1 Å². The molecular formula is C11H19N3O. The zero-order valence-electron chi connectivity index (χ0n) is 9.20. The molecule has 3 N–H and O–H groups in total. The van der Waals surface area contributed by atoms with Crippen LogP contribution in [0.15, 0.2) is 0 Å². The van der Waals surface area contributed by atoms with Gasteiger partial charge in [0.15, 0.2) is 0 Å². The Morgan fingerprint density at radius 2 is 2.13 bits per heavy atom. The molecule has 84 valence electrons. The molecule has 1 amide bonds. The van der Waals surface area contributed by atoms with Crippen LogP contribution in [0.1, 0.15) is 39.0 Å². The third kappa shape index (κ3) is 3.52. The van der Waals surface area contributed by atoms with E-state index in [1.54, 1.807) is 6.92 Å². The molecule has 0 saturated heterocycles. The molecule has 1 aliphatic carbocycles. The summed E-state index contributed by atoms with van der Waals surface area (Å²) in [6.45, 7) is 1.75. The monoisotopic (exact) mass is 209 g/mol. The van der Waals surface area contributed by atoms with Crippen LogP contribution in [0.25, 0.3) is 0 Å². The maximum Gasteiger partial charge on any atom is 0.234 e. The number of nitrogens with one attached hydrogen (secondary N) is 1. The summed E-state index contributed by atoms with van der Waals surface area (Å²) in [7, 11) is 0. The average Bonchev–Trinajstić information content (AvgIpc) is 2.42. The highest BCUT2D eigenvalue weighted by Gasteiger charge is 2.25. The summed E-state index contributed by atoms with van der Waals surface area (Å²) >= 11 is 0. The molecule has 0 aromatic rings. The van der Waals surface area contributed by atoms with E-state index in [1.165, 1.54) is 6.42 Å². The number of nitrogens with two attached hydrogens (primary N) is 1. The standard InChI is InChI=1S/C11H19N3O/c1-8(11(13)15)14-10-6-4-2-3-5-9(10)7-12/h8-10,14H,2-6H2,1H3,(H2,13,15). The quantitative estimate of drug-likeness (QED) is 0.678. The molecule has 1 rings (SSSR count). The molecule has 15 heavy (non-hydrogen) atoms. The van der Waals surface area contributed by atoms with Crippen LogP contribution in [0, 0.1) is 17.2 Å². The first kappa shape index (κ1) is 12.0. The number of amides is 1. The summed E-state index contributed by atoms with van der Waals surface area (Å²) in [5.41, 5.74) is 5.19. The highest BCUT2D eigenvalue weighted by Crippen LogP contribution is 2.23. The molecule has 4 nitrogen and oxygen atoms in total. The van der Waals surface area contributed by atoms with Gasteiger partial charge in [0.25, 0.3) is 0 Å². The Kier molecular flexibility index (Phi) is 4.57. The molecule has 0 spiro atoms. The molecule has 3 unspecified atom stereocenters. The molecule has 0 radical (unpaired) electrons. The Hall–Kier alpha value is -1.08. The maximum absolute atomic E-state index is 10.9. The van der Waals surface area contributed by atoms with E-state index in [0.29, 0.717) is 0 Å². The van der Waals surface area contributed by atoms with Gasteiger partial charge in [-0.05, 0) is 19.8 Å². The number of rotatable bonds is 3. The van der Waals surface area contributed by atoms with Gasteiger partial charge in [0.1, 0.15) is 0 Å². The number of nitrogens with zero attached hydrogens (tertiary/aromatic N) is 1. The first-order chi connectivity index (χ1) is 7.15. The Morgan fingerprint density at radius 3 is 2.73 bits per heavy atom. The van der Waals surface area contributed by atoms with Gasteiger partial charge in [-0.15, -0.1) is 0 Å². The summed E-state index contributed by atoms with van der Waals surface area (Å²) in [4.78, 5) is 10.9. The third-order valence-corrected chi connectivity index (χ3v) is 3.07. The van der Waals surface area contributed by atoms with E-state index in [4.69, 9.17) is 11.0 Å². The summed E-state index contributed by atoms with van der Waals surface area (Å²) < 4.78 is 0. The lowest BCUT2D eigenvalue weighted by Crippen LogP contribution is -2.47. The Labute approximate surface area is 90.8 Å². The van der Waals surface area contributed by atoms with E-state index in [2.05, 4.69) is 11.4 Å². The number of primary amides is 1. The van der Waals surface area contributed by atoms with Gasteiger partial charge in [0, 0.05) is 6.04 Å². The van der Waals surface area contributed by atoms with Crippen LogP contribution in [0.4, 0.5) is 0 Å². The van der Waals surface area contributed by atoms with Crippen molar-refractivity contribution in [1.82, 2.24) is 5.32 Å². The molecule has 1 aliphatic rings. The first-order valence-corrected chi connectivity index (χ1v) is 5.60. The summed E-state index contributed by atoms with van der Waals surface area (Å²) in [6, 6.07) is 2.11. The van der Waals surface area contributed by atoms with Crippen LogP contribution < -0.4 is 11.1 Å². The highest BCUT2D eigenvalue weighted by atomic mass is 16.1. The molecular weight excluding hydrogens is 190 g/mol. The minimum Gasteiger partial charge on any atom is -0.368 e. The van der Waals surface area contributed by atoms with Gasteiger partial charge in [0.05, 0.1) is 18.0 Å². The maximum atomic E-state index is 10.9. The van der Waals surface area contributed by atoms with Gasteiger partial charge in [0.2, 0.25) is 5.91 Å². The fourth-order valence-corrected chi connectivity index (χ4v) is 2.06. The highest BCUT2D eigenvalue weighted by molar-refractivity contribution is 5.79. The topological polar surface area (TPSA) is 78.9 Å². The van der Waals surface area contributed by atoms with Crippen molar-refractivity contribution in [2.75, 3.05) is 0 Å². The van der Waals surface area contributed by atoms with E-state index < -0.39 is 0 Å². The van der Waals surface area contributed by atoms with Crippen LogP contribution in [0.5, 0.6) is 0 Å². The van der Waals surface area contributed by atoms with Crippen LogP contribution in [-0.2, 0) is 4.79 Å². The molecule has 0 aromatic heterocycles. The molecule has 0 heterocycles.